The van der Waals surface area contributed by atoms with E-state index in [9.17, 15) is 19.1 Å². The van der Waals surface area contributed by atoms with Crippen LogP contribution in [0.4, 0.5) is 4.39 Å². The number of halogens is 2. The molecule has 34 heavy (non-hydrogen) atoms. The molecule has 0 atom stereocenters. The molecule has 0 unspecified atom stereocenters. The van der Waals surface area contributed by atoms with Gasteiger partial charge in [-0.25, -0.2) is 13.9 Å². The average Bonchev–Trinajstić information content (AvgIpc) is 3.11. The normalized spacial score (nSPS) is 10.9. The van der Waals surface area contributed by atoms with Crippen LogP contribution >= 0.6 is 11.6 Å². The van der Waals surface area contributed by atoms with Gasteiger partial charge in [0.25, 0.3) is 0 Å². The van der Waals surface area contributed by atoms with E-state index in [0.29, 0.717) is 34.9 Å². The monoisotopic (exact) mass is 480 g/mol. The molecule has 3 aromatic carbocycles. The first-order valence-electron chi connectivity index (χ1n) is 10.6. The maximum atomic E-state index is 14.3. The molecular formula is C25H22ClFN4O3. The van der Waals surface area contributed by atoms with Crippen molar-refractivity contribution in [2.24, 2.45) is 0 Å². The third-order valence-corrected chi connectivity index (χ3v) is 5.50. The van der Waals surface area contributed by atoms with Gasteiger partial charge in [-0.3, -0.25) is 9.36 Å². The Balaban J connectivity index is 1.55. The molecule has 4 rings (SSSR count). The lowest BCUT2D eigenvalue weighted by Gasteiger charge is -2.07. The summed E-state index contributed by atoms with van der Waals surface area (Å²) in [7, 11) is 0. The summed E-state index contributed by atoms with van der Waals surface area (Å²) in [6.45, 7) is 0.00331. The summed E-state index contributed by atoms with van der Waals surface area (Å²) in [6, 6.07) is 19.7. The smallest absolute Gasteiger partial charge is 0.347 e. The Bertz CT molecular complexity index is 1370. The molecule has 0 spiro atoms. The second-order valence-electron chi connectivity index (χ2n) is 7.72. The second-order valence-corrected chi connectivity index (χ2v) is 8.15. The van der Waals surface area contributed by atoms with E-state index in [4.69, 9.17) is 11.6 Å². The summed E-state index contributed by atoms with van der Waals surface area (Å²) in [5, 5.41) is 17.2. The minimum absolute atomic E-state index is 0.0391. The van der Waals surface area contributed by atoms with E-state index in [1.165, 1.54) is 10.6 Å². The number of carbonyl (C=O) groups is 1. The zero-order valence-corrected chi connectivity index (χ0v) is 18.9. The number of hydrogen-bond acceptors (Lipinski definition) is 4. The molecule has 0 aliphatic heterocycles. The topological polar surface area (TPSA) is 89.2 Å². The second kappa shape index (κ2) is 10.4. The number of carbonyl (C=O) groups excluding carboxylic acids is 1. The van der Waals surface area contributed by atoms with Crippen molar-refractivity contribution in [3.63, 3.8) is 0 Å². The summed E-state index contributed by atoms with van der Waals surface area (Å²) in [5.41, 5.74) is 1.28. The molecule has 174 valence electrons. The van der Waals surface area contributed by atoms with Crippen molar-refractivity contribution in [3.8, 4) is 17.1 Å². The van der Waals surface area contributed by atoms with E-state index < -0.39 is 11.5 Å². The standard InChI is InChI=1S/C25H22ClFN4O3/c26-20-10-8-18(9-11-20)24-29-31(25(34)30(24)15-19-5-1-2-7-22(19)27)16-23(33)28-13-12-17-4-3-6-21(32)14-17/h1-11,14,32H,12-13,15-16H2,(H,28,33). The fraction of sp³-hybridized carbons (Fsp3) is 0.160. The van der Waals surface area contributed by atoms with Gasteiger partial charge in [-0.2, -0.15) is 0 Å². The van der Waals surface area contributed by atoms with Crippen molar-refractivity contribution in [1.29, 1.82) is 0 Å². The van der Waals surface area contributed by atoms with E-state index in [1.54, 1.807) is 60.7 Å². The number of nitrogens with zero attached hydrogens (tertiary/aromatic N) is 3. The van der Waals surface area contributed by atoms with Gasteiger partial charge in [-0.05, 0) is 54.4 Å². The lowest BCUT2D eigenvalue weighted by Crippen LogP contribution is -2.34. The Morgan fingerprint density at radius 3 is 2.56 bits per heavy atom. The number of aromatic hydroxyl groups is 1. The molecule has 0 saturated heterocycles. The van der Waals surface area contributed by atoms with E-state index in [-0.39, 0.29) is 24.7 Å². The predicted molar refractivity (Wildman–Crippen MR) is 127 cm³/mol. The van der Waals surface area contributed by atoms with Crippen LogP contribution in [0.3, 0.4) is 0 Å². The van der Waals surface area contributed by atoms with E-state index >= 15 is 0 Å². The van der Waals surface area contributed by atoms with Crippen LogP contribution in [0.1, 0.15) is 11.1 Å². The summed E-state index contributed by atoms with van der Waals surface area (Å²) in [6.07, 6.45) is 0.521. The fourth-order valence-corrected chi connectivity index (χ4v) is 3.67. The molecule has 2 N–H and O–H groups in total. The molecule has 4 aromatic rings. The molecule has 0 aliphatic rings. The van der Waals surface area contributed by atoms with E-state index in [1.807, 2.05) is 6.07 Å². The Morgan fingerprint density at radius 2 is 1.82 bits per heavy atom. The van der Waals surface area contributed by atoms with Crippen molar-refractivity contribution in [1.82, 2.24) is 19.7 Å². The predicted octanol–water partition coefficient (Wildman–Crippen LogP) is 3.62. The van der Waals surface area contributed by atoms with Crippen LogP contribution in [0, 0.1) is 5.82 Å². The first-order chi connectivity index (χ1) is 16.4. The SMILES string of the molecule is O=C(Cn1nc(-c2ccc(Cl)cc2)n(Cc2ccccc2F)c1=O)NCCc1cccc(O)c1. The molecule has 1 aromatic heterocycles. The van der Waals surface area contributed by atoms with Gasteiger partial charge in [-0.15, -0.1) is 5.10 Å². The molecule has 0 bridgehead atoms. The first-order valence-corrected chi connectivity index (χ1v) is 11.0. The molecule has 7 nitrogen and oxygen atoms in total. The van der Waals surface area contributed by atoms with Crippen molar-refractivity contribution in [3.05, 3.63) is 105 Å². The highest BCUT2D eigenvalue weighted by molar-refractivity contribution is 6.30. The average molecular weight is 481 g/mol. The molecule has 0 radical (unpaired) electrons. The third-order valence-electron chi connectivity index (χ3n) is 5.25. The highest BCUT2D eigenvalue weighted by atomic mass is 35.5. The molecule has 9 heteroatoms. The van der Waals surface area contributed by atoms with Gasteiger partial charge >= 0.3 is 5.69 Å². The van der Waals surface area contributed by atoms with Crippen LogP contribution in [-0.4, -0.2) is 31.9 Å². The van der Waals surface area contributed by atoms with Crippen LogP contribution in [0.25, 0.3) is 11.4 Å². The van der Waals surface area contributed by atoms with Crippen LogP contribution in [0.2, 0.25) is 5.02 Å². The van der Waals surface area contributed by atoms with Crippen LogP contribution in [0.5, 0.6) is 5.75 Å². The number of rotatable bonds is 8. The van der Waals surface area contributed by atoms with Crippen molar-refractivity contribution >= 4 is 17.5 Å². The molecule has 0 saturated carbocycles. The third kappa shape index (κ3) is 5.52. The molecule has 0 aliphatic carbocycles. The van der Waals surface area contributed by atoms with Gasteiger partial charge in [-0.1, -0.05) is 41.9 Å². The number of nitrogens with one attached hydrogen (secondary N) is 1. The first kappa shape index (κ1) is 23.3. The number of benzene rings is 3. The zero-order chi connectivity index (χ0) is 24.1. The van der Waals surface area contributed by atoms with Crippen LogP contribution in [0.15, 0.2) is 77.6 Å². The van der Waals surface area contributed by atoms with Gasteiger partial charge in [0.1, 0.15) is 18.1 Å². The maximum Gasteiger partial charge on any atom is 0.347 e. The van der Waals surface area contributed by atoms with Crippen molar-refractivity contribution in [2.75, 3.05) is 6.54 Å². The van der Waals surface area contributed by atoms with Gasteiger partial charge in [0, 0.05) is 22.7 Å². The number of aromatic nitrogens is 3. The summed E-state index contributed by atoms with van der Waals surface area (Å²) in [4.78, 5) is 25.6. The van der Waals surface area contributed by atoms with Crippen molar-refractivity contribution in [2.45, 2.75) is 19.5 Å². The van der Waals surface area contributed by atoms with Gasteiger partial charge < -0.3 is 10.4 Å². The van der Waals surface area contributed by atoms with E-state index in [2.05, 4.69) is 10.4 Å². The molecule has 0 fully saturated rings. The summed E-state index contributed by atoms with van der Waals surface area (Å²) < 4.78 is 16.7. The van der Waals surface area contributed by atoms with Crippen LogP contribution < -0.4 is 11.0 Å². The number of phenols is 1. The lowest BCUT2D eigenvalue weighted by atomic mass is 10.1. The Kier molecular flexibility index (Phi) is 7.08. The summed E-state index contributed by atoms with van der Waals surface area (Å²) in [5.74, 6) is -0.364. The van der Waals surface area contributed by atoms with Crippen molar-refractivity contribution < 1.29 is 14.3 Å². The maximum absolute atomic E-state index is 14.3. The van der Waals surface area contributed by atoms with Gasteiger partial charge in [0.15, 0.2) is 5.82 Å². The molecular weight excluding hydrogens is 459 g/mol. The Morgan fingerprint density at radius 1 is 1.06 bits per heavy atom. The summed E-state index contributed by atoms with van der Waals surface area (Å²) >= 11 is 5.99. The van der Waals surface area contributed by atoms with Crippen LogP contribution in [-0.2, 0) is 24.3 Å². The number of amides is 1. The van der Waals surface area contributed by atoms with E-state index in [0.717, 1.165) is 10.2 Å². The molecule has 1 amide bonds. The molecule has 1 heterocycles. The zero-order valence-electron chi connectivity index (χ0n) is 18.1. The minimum Gasteiger partial charge on any atom is -0.508 e. The largest absolute Gasteiger partial charge is 0.508 e. The highest BCUT2D eigenvalue weighted by Crippen LogP contribution is 2.20. The minimum atomic E-state index is -0.531. The quantitative estimate of drug-likeness (QED) is 0.403. The number of phenolic OH excluding ortho intramolecular Hbond substituents is 1. The highest BCUT2D eigenvalue weighted by Gasteiger charge is 2.18. The Labute approximate surface area is 200 Å². The van der Waals surface area contributed by atoms with Gasteiger partial charge in [0.2, 0.25) is 5.91 Å². The number of hydrogen-bond donors (Lipinski definition) is 2. The lowest BCUT2D eigenvalue weighted by molar-refractivity contribution is -0.121. The van der Waals surface area contributed by atoms with Gasteiger partial charge in [0.05, 0.1) is 6.54 Å². The Hall–Kier alpha value is -3.91. The fourth-order valence-electron chi connectivity index (χ4n) is 3.55.